The van der Waals surface area contributed by atoms with Gasteiger partial charge in [-0.25, -0.2) is 13.1 Å². The highest BCUT2D eigenvalue weighted by molar-refractivity contribution is 7.89. The van der Waals surface area contributed by atoms with Crippen LogP contribution in [0.3, 0.4) is 0 Å². The molecule has 1 aromatic carbocycles. The first kappa shape index (κ1) is 17.1. The van der Waals surface area contributed by atoms with E-state index in [0.717, 1.165) is 0 Å². The molecule has 0 aliphatic heterocycles. The van der Waals surface area contributed by atoms with Gasteiger partial charge in [-0.15, -0.1) is 5.10 Å². The quantitative estimate of drug-likeness (QED) is 0.735. The van der Waals surface area contributed by atoms with Crippen molar-refractivity contribution in [2.24, 2.45) is 0 Å². The minimum absolute atomic E-state index is 0.0750. The van der Waals surface area contributed by atoms with Crippen LogP contribution in [0.25, 0.3) is 0 Å². The van der Waals surface area contributed by atoms with Gasteiger partial charge in [-0.2, -0.15) is 0 Å². The molecule has 0 atom stereocenters. The third-order valence-electron chi connectivity index (χ3n) is 3.13. The highest BCUT2D eigenvalue weighted by atomic mass is 32.2. The average Bonchev–Trinajstić information content (AvgIpc) is 3.04. The molecule has 0 aliphatic carbocycles. The van der Waals surface area contributed by atoms with Crippen molar-refractivity contribution in [3.05, 3.63) is 42.2 Å². The third kappa shape index (κ3) is 4.60. The van der Waals surface area contributed by atoms with Crippen molar-refractivity contribution in [1.29, 1.82) is 0 Å². The summed E-state index contributed by atoms with van der Waals surface area (Å²) in [6, 6.07) is 5.99. The van der Waals surface area contributed by atoms with E-state index < -0.39 is 10.0 Å². The van der Waals surface area contributed by atoms with E-state index in [1.54, 1.807) is 43.3 Å². The van der Waals surface area contributed by atoms with Crippen molar-refractivity contribution in [2.75, 3.05) is 20.6 Å². The topological polar surface area (TPSA) is 97.2 Å². The lowest BCUT2D eigenvalue weighted by molar-refractivity contribution is 0.0827. The molecule has 1 amide bonds. The van der Waals surface area contributed by atoms with Crippen molar-refractivity contribution in [3.63, 3.8) is 0 Å². The number of aromatic nitrogens is 3. The maximum atomic E-state index is 12.3. The van der Waals surface area contributed by atoms with E-state index in [0.29, 0.717) is 18.5 Å². The molecule has 1 aromatic heterocycles. The molecule has 0 saturated carbocycles. The molecule has 2 rings (SSSR count). The van der Waals surface area contributed by atoms with Crippen LogP contribution in [0.1, 0.15) is 16.8 Å². The molecule has 0 bridgehead atoms. The van der Waals surface area contributed by atoms with Crippen LogP contribution in [0.4, 0.5) is 0 Å². The SMILES string of the molecule is CN(C)C(=O)c1cccc(S(=O)(=O)NCCCn2ccnn2)c1. The highest BCUT2D eigenvalue weighted by Gasteiger charge is 2.16. The Morgan fingerprint density at radius 1 is 1.35 bits per heavy atom. The Morgan fingerprint density at radius 3 is 2.78 bits per heavy atom. The number of amides is 1. The molecule has 2 aromatic rings. The van der Waals surface area contributed by atoms with E-state index in [4.69, 9.17) is 0 Å². The van der Waals surface area contributed by atoms with Crippen molar-refractivity contribution >= 4 is 15.9 Å². The molecule has 9 heteroatoms. The summed E-state index contributed by atoms with van der Waals surface area (Å²) in [5.41, 5.74) is 0.334. The Kier molecular flexibility index (Phi) is 5.45. The van der Waals surface area contributed by atoms with Gasteiger partial charge in [0, 0.05) is 38.9 Å². The number of rotatable bonds is 7. The van der Waals surface area contributed by atoms with Gasteiger partial charge in [0.15, 0.2) is 0 Å². The van der Waals surface area contributed by atoms with Gasteiger partial charge >= 0.3 is 0 Å². The van der Waals surface area contributed by atoms with Crippen LogP contribution in [0.5, 0.6) is 0 Å². The second-order valence-corrected chi connectivity index (χ2v) is 6.91. The molecule has 0 radical (unpaired) electrons. The van der Waals surface area contributed by atoms with E-state index in [-0.39, 0.29) is 17.3 Å². The summed E-state index contributed by atoms with van der Waals surface area (Å²) in [5, 5.41) is 7.48. The van der Waals surface area contributed by atoms with Gasteiger partial charge in [0.05, 0.1) is 11.1 Å². The van der Waals surface area contributed by atoms with Crippen LogP contribution in [-0.4, -0.2) is 54.9 Å². The molecule has 0 saturated heterocycles. The van der Waals surface area contributed by atoms with E-state index in [9.17, 15) is 13.2 Å². The van der Waals surface area contributed by atoms with E-state index in [1.165, 1.54) is 17.0 Å². The molecule has 1 N–H and O–H groups in total. The molecule has 0 aliphatic rings. The summed E-state index contributed by atoms with van der Waals surface area (Å²) in [6.07, 6.45) is 3.86. The Bertz CT molecular complexity index is 756. The van der Waals surface area contributed by atoms with Gasteiger partial charge < -0.3 is 4.90 Å². The molecule has 8 nitrogen and oxygen atoms in total. The van der Waals surface area contributed by atoms with Crippen molar-refractivity contribution in [2.45, 2.75) is 17.9 Å². The normalized spacial score (nSPS) is 11.4. The molecule has 0 spiro atoms. The summed E-state index contributed by atoms with van der Waals surface area (Å²) in [7, 11) is -0.415. The number of benzene rings is 1. The zero-order valence-corrected chi connectivity index (χ0v) is 13.8. The van der Waals surface area contributed by atoms with E-state index in [2.05, 4.69) is 15.0 Å². The van der Waals surface area contributed by atoms with Crippen LogP contribution in [0.2, 0.25) is 0 Å². The van der Waals surface area contributed by atoms with Crippen LogP contribution >= 0.6 is 0 Å². The zero-order chi connectivity index (χ0) is 16.9. The van der Waals surface area contributed by atoms with Crippen LogP contribution in [0.15, 0.2) is 41.6 Å². The average molecular weight is 337 g/mol. The Morgan fingerprint density at radius 2 is 2.13 bits per heavy atom. The number of hydrogen-bond donors (Lipinski definition) is 1. The van der Waals surface area contributed by atoms with Crippen LogP contribution in [0, 0.1) is 0 Å². The second-order valence-electron chi connectivity index (χ2n) is 5.14. The van der Waals surface area contributed by atoms with Gasteiger partial charge in [0.2, 0.25) is 10.0 Å². The number of nitrogens with one attached hydrogen (secondary N) is 1. The van der Waals surface area contributed by atoms with Gasteiger partial charge in [-0.1, -0.05) is 11.3 Å². The summed E-state index contributed by atoms with van der Waals surface area (Å²) in [6.45, 7) is 0.843. The van der Waals surface area contributed by atoms with E-state index in [1.807, 2.05) is 0 Å². The minimum atomic E-state index is -3.65. The lowest BCUT2D eigenvalue weighted by Crippen LogP contribution is -2.26. The summed E-state index contributed by atoms with van der Waals surface area (Å²) >= 11 is 0. The summed E-state index contributed by atoms with van der Waals surface area (Å²) < 4.78 is 28.7. The van der Waals surface area contributed by atoms with Crippen molar-refractivity contribution < 1.29 is 13.2 Å². The maximum Gasteiger partial charge on any atom is 0.253 e. The first-order valence-electron chi connectivity index (χ1n) is 7.05. The second kappa shape index (κ2) is 7.34. The smallest absolute Gasteiger partial charge is 0.253 e. The largest absolute Gasteiger partial charge is 0.345 e. The zero-order valence-electron chi connectivity index (χ0n) is 13.0. The summed E-state index contributed by atoms with van der Waals surface area (Å²) in [4.78, 5) is 13.4. The third-order valence-corrected chi connectivity index (χ3v) is 4.58. The lowest BCUT2D eigenvalue weighted by atomic mass is 10.2. The van der Waals surface area contributed by atoms with Gasteiger partial charge in [-0.05, 0) is 24.6 Å². The molecule has 124 valence electrons. The molecule has 1 heterocycles. The number of carbonyl (C=O) groups excluding carboxylic acids is 1. The van der Waals surface area contributed by atoms with E-state index >= 15 is 0 Å². The highest BCUT2D eigenvalue weighted by Crippen LogP contribution is 2.12. The minimum Gasteiger partial charge on any atom is -0.345 e. The number of nitrogens with zero attached hydrogens (tertiary/aromatic N) is 4. The Hall–Kier alpha value is -2.26. The fourth-order valence-corrected chi connectivity index (χ4v) is 3.06. The number of carbonyl (C=O) groups is 1. The number of hydrogen-bond acceptors (Lipinski definition) is 5. The first-order valence-corrected chi connectivity index (χ1v) is 8.54. The standard InChI is InChI=1S/C14H19N5O3S/c1-18(2)14(20)12-5-3-6-13(11-12)23(21,22)16-7-4-9-19-10-8-15-17-19/h3,5-6,8,10-11,16H,4,7,9H2,1-2H3. The molecule has 23 heavy (non-hydrogen) atoms. The molecule has 0 fully saturated rings. The fraction of sp³-hybridized carbons (Fsp3) is 0.357. The van der Waals surface area contributed by atoms with Crippen LogP contribution < -0.4 is 4.72 Å². The van der Waals surface area contributed by atoms with Crippen LogP contribution in [-0.2, 0) is 16.6 Å². The molecule has 0 unspecified atom stereocenters. The molecular weight excluding hydrogens is 318 g/mol. The predicted octanol–water partition coefficient (Wildman–Crippen LogP) is 0.348. The number of aryl methyl sites for hydroxylation is 1. The monoisotopic (exact) mass is 337 g/mol. The van der Waals surface area contributed by atoms with Gasteiger partial charge in [0.25, 0.3) is 5.91 Å². The predicted molar refractivity (Wildman–Crippen MR) is 84.3 cm³/mol. The van der Waals surface area contributed by atoms with Gasteiger partial charge in [0.1, 0.15) is 0 Å². The molecular formula is C14H19N5O3S. The fourth-order valence-electron chi connectivity index (χ4n) is 1.94. The first-order chi connectivity index (χ1) is 10.9. The lowest BCUT2D eigenvalue weighted by Gasteiger charge is -2.12. The Labute approximate surface area is 135 Å². The van der Waals surface area contributed by atoms with Crippen molar-refractivity contribution in [1.82, 2.24) is 24.6 Å². The number of sulfonamides is 1. The summed E-state index contributed by atoms with van der Waals surface area (Å²) in [5.74, 6) is -0.242. The van der Waals surface area contributed by atoms with Gasteiger partial charge in [-0.3, -0.25) is 9.48 Å². The maximum absolute atomic E-state index is 12.3. The Balaban J connectivity index is 1.98. The van der Waals surface area contributed by atoms with Crippen molar-refractivity contribution in [3.8, 4) is 0 Å².